The molecule has 0 saturated heterocycles. The third kappa shape index (κ3) is 1.89. The number of benzene rings is 2. The number of fused-ring (bicyclic) bond motifs is 3. The highest BCUT2D eigenvalue weighted by atomic mass is 19.3. The molecule has 3 rings (SSSR count). The molecule has 0 aliphatic carbocycles. The molecule has 0 saturated carbocycles. The maximum atomic E-state index is 12.4. The van der Waals surface area contributed by atoms with E-state index in [2.05, 4.69) is 4.74 Å². The molecule has 0 aliphatic rings. The van der Waals surface area contributed by atoms with Crippen molar-refractivity contribution in [1.82, 2.24) is 0 Å². The summed E-state index contributed by atoms with van der Waals surface area (Å²) in [6.07, 6.45) is 1.56. The second kappa shape index (κ2) is 4.70. The summed E-state index contributed by atoms with van der Waals surface area (Å²) in [5.74, 6) is 0.130. The molecule has 20 heavy (non-hydrogen) atoms. The molecule has 0 radical (unpaired) electrons. The van der Waals surface area contributed by atoms with Crippen molar-refractivity contribution in [3.05, 3.63) is 36.4 Å². The van der Waals surface area contributed by atoms with Crippen LogP contribution in [0.2, 0.25) is 0 Å². The molecule has 2 aromatic carbocycles. The van der Waals surface area contributed by atoms with Crippen LogP contribution in [-0.4, -0.2) is 6.61 Å². The van der Waals surface area contributed by atoms with Crippen LogP contribution in [0.4, 0.5) is 8.78 Å². The van der Waals surface area contributed by atoms with Crippen molar-refractivity contribution in [3.8, 4) is 17.8 Å². The third-order valence-corrected chi connectivity index (χ3v) is 2.82. The van der Waals surface area contributed by atoms with E-state index in [1.54, 1.807) is 30.5 Å². The predicted molar refractivity (Wildman–Crippen MR) is 66.6 cm³/mol. The van der Waals surface area contributed by atoms with E-state index in [-0.39, 0.29) is 17.1 Å². The molecular weight excluding hydrogens is 268 g/mol. The average Bonchev–Trinajstić information content (AvgIpc) is 2.81. The third-order valence-electron chi connectivity index (χ3n) is 2.82. The first-order valence-electron chi connectivity index (χ1n) is 5.65. The van der Waals surface area contributed by atoms with Gasteiger partial charge in [-0.1, -0.05) is 18.2 Å². The fourth-order valence-electron chi connectivity index (χ4n) is 2.10. The zero-order valence-corrected chi connectivity index (χ0v) is 9.97. The smallest absolute Gasteiger partial charge is 0.387 e. The lowest BCUT2D eigenvalue weighted by atomic mass is 10.1. The van der Waals surface area contributed by atoms with Crippen molar-refractivity contribution >= 4 is 21.9 Å². The lowest BCUT2D eigenvalue weighted by Crippen LogP contribution is -2.02. The van der Waals surface area contributed by atoms with Gasteiger partial charge in [0.1, 0.15) is 5.58 Å². The normalized spacial score (nSPS) is 10.9. The highest BCUT2D eigenvalue weighted by Crippen LogP contribution is 2.40. The van der Waals surface area contributed by atoms with E-state index in [9.17, 15) is 8.78 Å². The summed E-state index contributed by atoms with van der Waals surface area (Å²) in [5.41, 5.74) is 0.620. The molecule has 1 aromatic heterocycles. The van der Waals surface area contributed by atoms with Crippen molar-refractivity contribution in [2.45, 2.75) is 6.61 Å². The van der Waals surface area contributed by atoms with Gasteiger partial charge >= 0.3 is 6.61 Å². The maximum absolute atomic E-state index is 12.4. The summed E-state index contributed by atoms with van der Waals surface area (Å²) in [5, 5.41) is 9.74. The van der Waals surface area contributed by atoms with E-state index in [1.807, 2.05) is 0 Å². The Kier molecular flexibility index (Phi) is 2.88. The molecule has 3 aromatic rings. The quantitative estimate of drug-likeness (QED) is 0.677. The lowest BCUT2D eigenvalue weighted by molar-refractivity contribution is -0.0493. The van der Waals surface area contributed by atoms with Gasteiger partial charge in [-0.3, -0.25) is 0 Å². The van der Waals surface area contributed by atoms with E-state index >= 15 is 0 Å². The zero-order chi connectivity index (χ0) is 14.1. The van der Waals surface area contributed by atoms with Crippen LogP contribution in [-0.2, 0) is 0 Å². The van der Waals surface area contributed by atoms with Crippen LogP contribution in [0.1, 0.15) is 0 Å². The first-order chi connectivity index (χ1) is 9.70. The number of halogens is 2. The van der Waals surface area contributed by atoms with Gasteiger partial charge in [0.15, 0.2) is 17.1 Å². The number of hydrogen-bond acceptors (Lipinski definition) is 4. The Bertz CT molecular complexity index is 820. The van der Waals surface area contributed by atoms with Gasteiger partial charge in [0.05, 0.1) is 5.39 Å². The number of nitrogens with zero attached hydrogens (tertiary/aromatic N) is 1. The van der Waals surface area contributed by atoms with Crippen LogP contribution in [0.25, 0.3) is 21.9 Å². The first-order valence-corrected chi connectivity index (χ1v) is 5.65. The SMILES string of the molecule is N#COc1ccc(OC(F)F)c2oc3ccccc3c12. The highest BCUT2D eigenvalue weighted by molar-refractivity contribution is 6.10. The topological polar surface area (TPSA) is 55.4 Å². The molecule has 0 bridgehead atoms. The number of furan rings is 1. The largest absolute Gasteiger partial charge is 0.452 e. The molecule has 0 unspecified atom stereocenters. The number of nitriles is 1. The second-order valence-electron chi connectivity index (χ2n) is 3.94. The summed E-state index contributed by atoms with van der Waals surface area (Å²) < 4.78 is 39.6. The molecule has 6 heteroatoms. The Hall–Kier alpha value is -2.81. The van der Waals surface area contributed by atoms with E-state index in [4.69, 9.17) is 14.4 Å². The van der Waals surface area contributed by atoms with E-state index in [0.717, 1.165) is 0 Å². The maximum Gasteiger partial charge on any atom is 0.387 e. The molecular formula is C14H7F2NO3. The lowest BCUT2D eigenvalue weighted by Gasteiger charge is -2.06. The van der Waals surface area contributed by atoms with Crippen LogP contribution in [0.15, 0.2) is 40.8 Å². The van der Waals surface area contributed by atoms with Crippen molar-refractivity contribution in [2.75, 3.05) is 0 Å². The number of para-hydroxylation sites is 1. The monoisotopic (exact) mass is 275 g/mol. The van der Waals surface area contributed by atoms with Gasteiger partial charge in [-0.05, 0) is 18.2 Å². The Morgan fingerprint density at radius 2 is 1.85 bits per heavy atom. The van der Waals surface area contributed by atoms with Gasteiger partial charge in [0.25, 0.3) is 6.26 Å². The zero-order valence-electron chi connectivity index (χ0n) is 9.97. The molecule has 0 N–H and O–H groups in total. The summed E-state index contributed by atoms with van der Waals surface area (Å²) in [6, 6.07) is 9.64. The number of rotatable bonds is 3. The standard InChI is InChI=1S/C14H7F2NO3/c15-14(16)20-11-6-5-10(18-7-17)12-8-3-1-2-4-9(8)19-13(11)12/h1-6,14H. The van der Waals surface area contributed by atoms with Crippen LogP contribution >= 0.6 is 0 Å². The molecule has 0 spiro atoms. The van der Waals surface area contributed by atoms with Gasteiger partial charge in [-0.15, -0.1) is 5.26 Å². The Labute approximate surface area is 111 Å². The number of ether oxygens (including phenoxy) is 2. The van der Waals surface area contributed by atoms with E-state index in [1.165, 1.54) is 12.1 Å². The number of hydrogen-bond donors (Lipinski definition) is 0. The minimum Gasteiger partial charge on any atom is -0.452 e. The summed E-state index contributed by atoms with van der Waals surface area (Å²) in [6.45, 7) is -2.96. The van der Waals surface area contributed by atoms with Crippen LogP contribution in [0.5, 0.6) is 11.5 Å². The molecule has 0 atom stereocenters. The minimum atomic E-state index is -2.96. The van der Waals surface area contributed by atoms with Gasteiger partial charge in [0.2, 0.25) is 0 Å². The van der Waals surface area contributed by atoms with Gasteiger partial charge in [0, 0.05) is 5.39 Å². The molecule has 1 heterocycles. The Balaban J connectivity index is 2.35. The van der Waals surface area contributed by atoms with Crippen molar-refractivity contribution in [3.63, 3.8) is 0 Å². The average molecular weight is 275 g/mol. The molecule has 0 aliphatic heterocycles. The van der Waals surface area contributed by atoms with E-state index < -0.39 is 6.61 Å². The summed E-state index contributed by atoms with van der Waals surface area (Å²) in [7, 11) is 0. The predicted octanol–water partition coefficient (Wildman–Crippen LogP) is 4.05. The fourth-order valence-corrected chi connectivity index (χ4v) is 2.10. The van der Waals surface area contributed by atoms with Crippen molar-refractivity contribution in [2.24, 2.45) is 0 Å². The summed E-state index contributed by atoms with van der Waals surface area (Å²) >= 11 is 0. The van der Waals surface area contributed by atoms with Crippen LogP contribution < -0.4 is 9.47 Å². The molecule has 0 fully saturated rings. The Morgan fingerprint density at radius 1 is 1.10 bits per heavy atom. The Morgan fingerprint density at radius 3 is 2.60 bits per heavy atom. The van der Waals surface area contributed by atoms with Crippen LogP contribution in [0.3, 0.4) is 0 Å². The first kappa shape index (κ1) is 12.2. The van der Waals surface area contributed by atoms with Gasteiger partial charge in [-0.25, -0.2) is 0 Å². The molecule has 100 valence electrons. The highest BCUT2D eigenvalue weighted by Gasteiger charge is 2.18. The molecule has 0 amide bonds. The molecule has 4 nitrogen and oxygen atoms in total. The fraction of sp³-hybridized carbons (Fsp3) is 0.0714. The van der Waals surface area contributed by atoms with Gasteiger partial charge < -0.3 is 13.9 Å². The summed E-state index contributed by atoms with van der Waals surface area (Å²) in [4.78, 5) is 0. The van der Waals surface area contributed by atoms with Crippen molar-refractivity contribution < 1.29 is 22.7 Å². The minimum absolute atomic E-state index is 0.100. The van der Waals surface area contributed by atoms with Crippen LogP contribution in [0, 0.1) is 11.5 Å². The van der Waals surface area contributed by atoms with Crippen molar-refractivity contribution in [1.29, 1.82) is 5.26 Å². The second-order valence-corrected chi connectivity index (χ2v) is 3.94. The van der Waals surface area contributed by atoms with E-state index in [0.29, 0.717) is 16.4 Å². The van der Waals surface area contributed by atoms with Gasteiger partial charge in [-0.2, -0.15) is 8.78 Å². The number of alkyl halides is 2.